The van der Waals surface area contributed by atoms with E-state index in [1.54, 1.807) is 0 Å². The summed E-state index contributed by atoms with van der Waals surface area (Å²) < 4.78 is 5.58. The van der Waals surface area contributed by atoms with E-state index in [9.17, 15) is 0 Å². The molecule has 3 nitrogen and oxygen atoms in total. The molecule has 2 rings (SSSR count). The highest BCUT2D eigenvalue weighted by Gasteiger charge is 2.11. The van der Waals surface area contributed by atoms with Gasteiger partial charge in [-0.3, -0.25) is 0 Å². The Morgan fingerprint density at radius 1 is 1.31 bits per heavy atom. The van der Waals surface area contributed by atoms with E-state index in [-0.39, 0.29) is 0 Å². The molecular weight excluding hydrogens is 164 g/mol. The highest BCUT2D eigenvalue weighted by molar-refractivity contribution is 5.36. The Labute approximate surface area is 78.7 Å². The molecule has 1 aromatic rings. The van der Waals surface area contributed by atoms with Gasteiger partial charge in [0.15, 0.2) is 5.88 Å². The lowest BCUT2D eigenvalue weighted by molar-refractivity contribution is 0.519. The maximum Gasteiger partial charge on any atom is 0.195 e. The summed E-state index contributed by atoms with van der Waals surface area (Å²) in [6, 6.07) is 4.08. The molecule has 1 fully saturated rings. The monoisotopic (exact) mass is 180 g/mol. The van der Waals surface area contributed by atoms with E-state index >= 15 is 0 Å². The van der Waals surface area contributed by atoms with E-state index in [1.165, 1.54) is 6.42 Å². The minimum absolute atomic E-state index is 0.993. The molecule has 0 unspecified atom stereocenters. The van der Waals surface area contributed by atoms with E-state index in [4.69, 9.17) is 4.42 Å². The van der Waals surface area contributed by atoms with Crippen molar-refractivity contribution in [3.05, 3.63) is 17.9 Å². The van der Waals surface area contributed by atoms with E-state index < -0.39 is 0 Å². The van der Waals surface area contributed by atoms with Gasteiger partial charge in [0, 0.05) is 25.7 Å². The van der Waals surface area contributed by atoms with Gasteiger partial charge in [-0.25, -0.2) is 0 Å². The van der Waals surface area contributed by atoms with Crippen molar-refractivity contribution in [2.24, 2.45) is 0 Å². The van der Waals surface area contributed by atoms with Crippen LogP contribution in [0.4, 0.5) is 5.88 Å². The second-order valence-electron chi connectivity index (χ2n) is 3.47. The van der Waals surface area contributed by atoms with Crippen LogP contribution in [0.15, 0.2) is 16.5 Å². The van der Waals surface area contributed by atoms with Crippen LogP contribution in [-0.4, -0.2) is 26.2 Å². The molecule has 2 heterocycles. The highest BCUT2D eigenvalue weighted by atomic mass is 16.4. The van der Waals surface area contributed by atoms with Crippen molar-refractivity contribution in [2.45, 2.75) is 13.3 Å². The molecule has 0 saturated carbocycles. The number of hydrogen-bond acceptors (Lipinski definition) is 3. The standard InChI is InChI=1S/C10H16N2O/c1-9-3-4-10(13-9)12-7-2-5-11-6-8-12/h3-4,11H,2,5-8H2,1H3. The zero-order valence-electron chi connectivity index (χ0n) is 8.05. The number of nitrogens with one attached hydrogen (secondary N) is 1. The van der Waals surface area contributed by atoms with Crippen molar-refractivity contribution in [3.8, 4) is 0 Å². The van der Waals surface area contributed by atoms with Gasteiger partial charge in [0.2, 0.25) is 0 Å². The third kappa shape index (κ3) is 2.04. The Morgan fingerprint density at radius 3 is 3.00 bits per heavy atom. The fraction of sp³-hybridized carbons (Fsp3) is 0.600. The van der Waals surface area contributed by atoms with Gasteiger partial charge < -0.3 is 14.6 Å². The summed E-state index contributed by atoms with van der Waals surface area (Å²) in [5.74, 6) is 2.01. The smallest absolute Gasteiger partial charge is 0.195 e. The van der Waals surface area contributed by atoms with Gasteiger partial charge in [-0.1, -0.05) is 0 Å². The first kappa shape index (κ1) is 8.63. The first-order valence-electron chi connectivity index (χ1n) is 4.88. The number of aryl methyl sites for hydroxylation is 1. The summed E-state index contributed by atoms with van der Waals surface area (Å²) in [5, 5.41) is 3.37. The molecule has 0 aromatic carbocycles. The predicted octanol–water partition coefficient (Wildman–Crippen LogP) is 1.39. The lowest BCUT2D eigenvalue weighted by Gasteiger charge is -2.18. The first-order valence-corrected chi connectivity index (χ1v) is 4.88. The summed E-state index contributed by atoms with van der Waals surface area (Å²) in [5.41, 5.74) is 0. The third-order valence-corrected chi connectivity index (χ3v) is 2.38. The van der Waals surface area contributed by atoms with Crippen molar-refractivity contribution in [2.75, 3.05) is 31.1 Å². The van der Waals surface area contributed by atoms with Crippen LogP contribution in [-0.2, 0) is 0 Å². The maximum atomic E-state index is 5.58. The first-order chi connectivity index (χ1) is 6.36. The van der Waals surface area contributed by atoms with Crippen LogP contribution in [0.25, 0.3) is 0 Å². The van der Waals surface area contributed by atoms with Gasteiger partial charge >= 0.3 is 0 Å². The number of hydrogen-bond donors (Lipinski definition) is 1. The van der Waals surface area contributed by atoms with Gasteiger partial charge in [-0.15, -0.1) is 0 Å². The molecule has 1 aromatic heterocycles. The molecule has 1 aliphatic rings. The highest BCUT2D eigenvalue weighted by Crippen LogP contribution is 2.18. The fourth-order valence-corrected chi connectivity index (χ4v) is 1.66. The summed E-state index contributed by atoms with van der Waals surface area (Å²) in [6.45, 7) is 6.31. The van der Waals surface area contributed by atoms with E-state index in [0.29, 0.717) is 0 Å². The van der Waals surface area contributed by atoms with Crippen LogP contribution >= 0.6 is 0 Å². The topological polar surface area (TPSA) is 28.4 Å². The average Bonchev–Trinajstić information content (AvgIpc) is 2.43. The summed E-state index contributed by atoms with van der Waals surface area (Å²) in [4.78, 5) is 2.30. The fourth-order valence-electron chi connectivity index (χ4n) is 1.66. The number of nitrogens with zero attached hydrogens (tertiary/aromatic N) is 1. The van der Waals surface area contributed by atoms with E-state index in [0.717, 1.165) is 37.8 Å². The second-order valence-corrected chi connectivity index (χ2v) is 3.47. The molecule has 3 heteroatoms. The molecule has 0 aliphatic carbocycles. The van der Waals surface area contributed by atoms with Crippen molar-refractivity contribution < 1.29 is 4.42 Å². The Hall–Kier alpha value is -0.960. The Kier molecular flexibility index (Phi) is 2.54. The van der Waals surface area contributed by atoms with Crippen molar-refractivity contribution in [1.29, 1.82) is 0 Å². The summed E-state index contributed by atoms with van der Waals surface area (Å²) in [6.07, 6.45) is 1.19. The largest absolute Gasteiger partial charge is 0.446 e. The van der Waals surface area contributed by atoms with Crippen molar-refractivity contribution in [1.82, 2.24) is 5.32 Å². The van der Waals surface area contributed by atoms with E-state index in [2.05, 4.69) is 16.3 Å². The molecule has 0 radical (unpaired) electrons. The third-order valence-electron chi connectivity index (χ3n) is 2.38. The molecule has 0 spiro atoms. The molecule has 1 saturated heterocycles. The average molecular weight is 180 g/mol. The van der Waals surface area contributed by atoms with Crippen LogP contribution in [0, 0.1) is 6.92 Å². The van der Waals surface area contributed by atoms with Gasteiger partial charge in [-0.2, -0.15) is 0 Å². The predicted molar refractivity (Wildman–Crippen MR) is 53.1 cm³/mol. The van der Waals surface area contributed by atoms with Gasteiger partial charge in [-0.05, 0) is 26.0 Å². The molecule has 0 bridgehead atoms. The molecule has 1 N–H and O–H groups in total. The van der Waals surface area contributed by atoms with Crippen molar-refractivity contribution >= 4 is 5.88 Å². The molecule has 0 atom stereocenters. The lowest BCUT2D eigenvalue weighted by Crippen LogP contribution is -2.27. The molecule has 72 valence electrons. The Morgan fingerprint density at radius 2 is 2.23 bits per heavy atom. The van der Waals surface area contributed by atoms with E-state index in [1.807, 2.05) is 13.0 Å². The Bertz CT molecular complexity index is 262. The molecular formula is C10H16N2O. The normalized spacial score (nSPS) is 18.7. The molecule has 0 amide bonds. The minimum atomic E-state index is 0.993. The SMILES string of the molecule is Cc1ccc(N2CCCNCC2)o1. The Balaban J connectivity index is 2.06. The van der Waals surface area contributed by atoms with Gasteiger partial charge in [0.25, 0.3) is 0 Å². The summed E-state index contributed by atoms with van der Waals surface area (Å²) >= 11 is 0. The number of anilines is 1. The second kappa shape index (κ2) is 3.83. The zero-order chi connectivity index (χ0) is 9.10. The van der Waals surface area contributed by atoms with Crippen LogP contribution in [0.3, 0.4) is 0 Å². The van der Waals surface area contributed by atoms with Gasteiger partial charge in [0.1, 0.15) is 5.76 Å². The van der Waals surface area contributed by atoms with Crippen LogP contribution in [0.1, 0.15) is 12.2 Å². The minimum Gasteiger partial charge on any atom is -0.446 e. The molecule has 1 aliphatic heterocycles. The van der Waals surface area contributed by atoms with Crippen LogP contribution in [0.5, 0.6) is 0 Å². The summed E-state index contributed by atoms with van der Waals surface area (Å²) in [7, 11) is 0. The maximum absolute atomic E-state index is 5.58. The van der Waals surface area contributed by atoms with Gasteiger partial charge in [0.05, 0.1) is 0 Å². The number of furan rings is 1. The quantitative estimate of drug-likeness (QED) is 0.708. The lowest BCUT2D eigenvalue weighted by atomic mass is 10.4. The van der Waals surface area contributed by atoms with Crippen molar-refractivity contribution in [3.63, 3.8) is 0 Å². The number of rotatable bonds is 1. The van der Waals surface area contributed by atoms with Crippen LogP contribution < -0.4 is 10.2 Å². The van der Waals surface area contributed by atoms with Crippen LogP contribution in [0.2, 0.25) is 0 Å². The zero-order valence-corrected chi connectivity index (χ0v) is 8.05. The molecule has 13 heavy (non-hydrogen) atoms.